The van der Waals surface area contributed by atoms with Crippen molar-refractivity contribution in [1.82, 2.24) is 4.57 Å². The first-order chi connectivity index (χ1) is 14.3. The number of nitrogens with zero attached hydrogens (tertiary/aromatic N) is 1. The Bertz CT molecular complexity index is 1230. The third-order valence-corrected chi connectivity index (χ3v) is 6.41. The molecule has 1 heterocycles. The Morgan fingerprint density at radius 3 is 1.65 bits per heavy atom. The molecule has 0 fully saturated rings. The molecular weight excluding hydrogens is 374 g/mol. The molecule has 1 heteroatoms. The molecule has 0 aliphatic carbocycles. The molecule has 0 atom stereocenters. The Morgan fingerprint density at radius 2 is 1.10 bits per heavy atom. The predicted molar refractivity (Wildman–Crippen MR) is 137 cm³/mol. The van der Waals surface area contributed by atoms with Crippen LogP contribution >= 0.6 is 0 Å². The molecule has 0 saturated heterocycles. The van der Waals surface area contributed by atoms with Crippen molar-refractivity contribution in [2.75, 3.05) is 0 Å². The van der Waals surface area contributed by atoms with Gasteiger partial charge in [0.25, 0.3) is 0 Å². The molecule has 0 saturated carbocycles. The summed E-state index contributed by atoms with van der Waals surface area (Å²) in [5, 5.41) is 2.66. The summed E-state index contributed by atoms with van der Waals surface area (Å²) in [6.45, 7) is 20.8. The van der Waals surface area contributed by atoms with Gasteiger partial charge in [0, 0.05) is 16.5 Å². The second kappa shape index (κ2) is 6.99. The minimum absolute atomic E-state index is 0.0557. The fourth-order valence-corrected chi connectivity index (χ4v) is 4.50. The van der Waals surface area contributed by atoms with Crippen molar-refractivity contribution in [3.63, 3.8) is 0 Å². The fourth-order valence-electron chi connectivity index (χ4n) is 4.50. The topological polar surface area (TPSA) is 4.93 Å². The third kappa shape index (κ3) is 3.80. The summed E-state index contributed by atoms with van der Waals surface area (Å²) in [6, 6.07) is 22.8. The predicted octanol–water partition coefficient (Wildman–Crippen LogP) is 8.68. The van der Waals surface area contributed by atoms with Gasteiger partial charge >= 0.3 is 0 Å². The molecular formula is C30H37N. The quantitative estimate of drug-likeness (QED) is 0.295. The first-order valence-electron chi connectivity index (χ1n) is 11.5. The minimum atomic E-state index is 0.0557. The number of para-hydroxylation sites is 2. The van der Waals surface area contributed by atoms with E-state index in [4.69, 9.17) is 0 Å². The van der Waals surface area contributed by atoms with Gasteiger partial charge in [-0.2, -0.15) is 0 Å². The maximum absolute atomic E-state index is 2.51. The van der Waals surface area contributed by atoms with Crippen LogP contribution in [0.2, 0.25) is 0 Å². The van der Waals surface area contributed by atoms with Crippen LogP contribution in [0.1, 0.15) is 79.0 Å². The zero-order valence-corrected chi connectivity index (χ0v) is 20.7. The number of rotatable bonds is 1. The zero-order chi connectivity index (χ0) is 22.8. The van der Waals surface area contributed by atoms with Gasteiger partial charge in [0.05, 0.1) is 11.0 Å². The van der Waals surface area contributed by atoms with Gasteiger partial charge in [0.1, 0.15) is 0 Å². The fraction of sp³-hybridized carbons (Fsp3) is 0.400. The van der Waals surface area contributed by atoms with Gasteiger partial charge in [0.2, 0.25) is 0 Å². The summed E-state index contributed by atoms with van der Waals surface area (Å²) < 4.78 is 2.51. The lowest BCUT2D eigenvalue weighted by Crippen LogP contribution is -2.18. The Balaban J connectivity index is 2.20. The van der Waals surface area contributed by atoms with Gasteiger partial charge in [-0.3, -0.25) is 0 Å². The van der Waals surface area contributed by atoms with E-state index < -0.39 is 0 Å². The van der Waals surface area contributed by atoms with E-state index in [0.29, 0.717) is 0 Å². The van der Waals surface area contributed by atoms with Crippen molar-refractivity contribution in [2.45, 2.75) is 78.6 Å². The lowest BCUT2D eigenvalue weighted by Gasteiger charge is -2.27. The van der Waals surface area contributed by atoms with Crippen LogP contribution < -0.4 is 0 Å². The lowest BCUT2D eigenvalue weighted by atomic mass is 9.80. The van der Waals surface area contributed by atoms with Crippen molar-refractivity contribution in [3.8, 4) is 5.69 Å². The van der Waals surface area contributed by atoms with E-state index in [1.165, 1.54) is 44.2 Å². The van der Waals surface area contributed by atoms with Crippen LogP contribution in [0.3, 0.4) is 0 Å². The van der Waals surface area contributed by atoms with E-state index in [9.17, 15) is 0 Å². The summed E-state index contributed by atoms with van der Waals surface area (Å²) in [6.07, 6.45) is 0. The van der Waals surface area contributed by atoms with Crippen molar-refractivity contribution in [2.24, 2.45) is 0 Å². The number of benzene rings is 3. The van der Waals surface area contributed by atoms with Crippen LogP contribution in [0, 0.1) is 0 Å². The standard InChI is InChI=1S/C30H37N/c1-28(2,3)20-17-21(29(4,5)6)19-22(18-20)31-26-16-11-10-13-23(26)24-14-12-15-25(27(24)31)30(7,8)9/h10-19H,1-9H3. The Morgan fingerprint density at radius 1 is 0.548 bits per heavy atom. The van der Waals surface area contributed by atoms with Crippen molar-refractivity contribution < 1.29 is 0 Å². The van der Waals surface area contributed by atoms with Gasteiger partial charge in [0.15, 0.2) is 0 Å². The molecule has 4 aromatic rings. The molecule has 31 heavy (non-hydrogen) atoms. The largest absolute Gasteiger partial charge is 0.309 e. The highest BCUT2D eigenvalue weighted by Crippen LogP contribution is 2.40. The molecule has 0 bridgehead atoms. The van der Waals surface area contributed by atoms with Gasteiger partial charge in [-0.1, -0.05) is 105 Å². The molecule has 0 radical (unpaired) electrons. The summed E-state index contributed by atoms with van der Waals surface area (Å²) in [4.78, 5) is 0. The number of aromatic nitrogens is 1. The highest BCUT2D eigenvalue weighted by atomic mass is 15.0. The van der Waals surface area contributed by atoms with Crippen molar-refractivity contribution >= 4 is 21.8 Å². The van der Waals surface area contributed by atoms with Crippen LogP contribution in [-0.2, 0) is 16.2 Å². The van der Waals surface area contributed by atoms with E-state index in [0.717, 1.165) is 0 Å². The molecule has 0 aliphatic rings. The maximum atomic E-state index is 2.51. The number of fused-ring (bicyclic) bond motifs is 3. The average molecular weight is 412 g/mol. The molecule has 0 aliphatic heterocycles. The van der Waals surface area contributed by atoms with Crippen LogP contribution in [0.25, 0.3) is 27.5 Å². The van der Waals surface area contributed by atoms with E-state index in [1.54, 1.807) is 0 Å². The SMILES string of the molecule is CC(C)(C)c1cc(-n2c3ccccc3c3cccc(C(C)(C)C)c32)cc(C(C)(C)C)c1. The molecule has 1 aromatic heterocycles. The Labute approximate surface area is 188 Å². The molecule has 0 amide bonds. The Kier molecular flexibility index (Phi) is 4.89. The van der Waals surface area contributed by atoms with E-state index in [1.807, 2.05) is 0 Å². The van der Waals surface area contributed by atoms with Crippen LogP contribution in [0.5, 0.6) is 0 Å². The van der Waals surface area contributed by atoms with E-state index in [2.05, 4.69) is 128 Å². The van der Waals surface area contributed by atoms with Crippen LogP contribution in [-0.4, -0.2) is 4.57 Å². The summed E-state index contributed by atoms with van der Waals surface area (Å²) in [7, 11) is 0. The molecule has 0 spiro atoms. The molecule has 0 unspecified atom stereocenters. The second-order valence-corrected chi connectivity index (χ2v) is 12.1. The van der Waals surface area contributed by atoms with E-state index >= 15 is 0 Å². The molecule has 0 N–H and O–H groups in total. The van der Waals surface area contributed by atoms with Gasteiger partial charge in [-0.15, -0.1) is 0 Å². The highest BCUT2D eigenvalue weighted by molar-refractivity contribution is 6.10. The second-order valence-electron chi connectivity index (χ2n) is 12.1. The van der Waals surface area contributed by atoms with Crippen LogP contribution in [0.15, 0.2) is 60.7 Å². The zero-order valence-electron chi connectivity index (χ0n) is 20.7. The van der Waals surface area contributed by atoms with Gasteiger partial charge in [-0.05, 0) is 51.1 Å². The van der Waals surface area contributed by atoms with Crippen LogP contribution in [0.4, 0.5) is 0 Å². The van der Waals surface area contributed by atoms with Gasteiger partial charge in [-0.25, -0.2) is 0 Å². The van der Waals surface area contributed by atoms with Crippen molar-refractivity contribution in [1.29, 1.82) is 0 Å². The smallest absolute Gasteiger partial charge is 0.0578 e. The molecule has 162 valence electrons. The normalized spacial score (nSPS) is 13.3. The first-order valence-corrected chi connectivity index (χ1v) is 11.5. The molecule has 4 rings (SSSR count). The highest BCUT2D eigenvalue weighted by Gasteiger charge is 2.25. The Hall–Kier alpha value is -2.54. The summed E-state index contributed by atoms with van der Waals surface area (Å²) >= 11 is 0. The third-order valence-electron chi connectivity index (χ3n) is 6.41. The monoisotopic (exact) mass is 411 g/mol. The molecule has 1 nitrogen and oxygen atoms in total. The summed E-state index contributed by atoms with van der Waals surface area (Å²) in [5.41, 5.74) is 8.26. The van der Waals surface area contributed by atoms with Gasteiger partial charge < -0.3 is 4.57 Å². The number of hydrogen-bond acceptors (Lipinski definition) is 0. The summed E-state index contributed by atoms with van der Waals surface area (Å²) in [5.74, 6) is 0. The average Bonchev–Trinajstić information content (AvgIpc) is 3.00. The minimum Gasteiger partial charge on any atom is -0.309 e. The first kappa shape index (κ1) is 21.7. The molecule has 3 aromatic carbocycles. The number of hydrogen-bond donors (Lipinski definition) is 0. The maximum Gasteiger partial charge on any atom is 0.0578 e. The van der Waals surface area contributed by atoms with E-state index in [-0.39, 0.29) is 16.2 Å². The lowest BCUT2D eigenvalue weighted by molar-refractivity contribution is 0.567. The van der Waals surface area contributed by atoms with Crippen molar-refractivity contribution in [3.05, 3.63) is 77.4 Å².